The predicted octanol–water partition coefficient (Wildman–Crippen LogP) is 3.42. The van der Waals surface area contributed by atoms with Crippen molar-refractivity contribution in [1.29, 1.82) is 0 Å². The highest BCUT2D eigenvalue weighted by atomic mass is 16.2. The van der Waals surface area contributed by atoms with Crippen LogP contribution in [0.4, 0.5) is 11.4 Å². The molecule has 144 valence electrons. The molecule has 1 aliphatic rings. The van der Waals surface area contributed by atoms with Crippen LogP contribution in [-0.4, -0.2) is 28.5 Å². The summed E-state index contributed by atoms with van der Waals surface area (Å²) in [6, 6.07) is 15.0. The van der Waals surface area contributed by atoms with E-state index in [-0.39, 0.29) is 18.0 Å². The summed E-state index contributed by atoms with van der Waals surface area (Å²) < 4.78 is 1.35. The molecule has 1 amide bonds. The molecule has 6 nitrogen and oxygen atoms in total. The van der Waals surface area contributed by atoms with Gasteiger partial charge in [0.2, 0.25) is 5.91 Å². The van der Waals surface area contributed by atoms with Crippen LogP contribution in [0.15, 0.2) is 59.7 Å². The third kappa shape index (κ3) is 3.91. The second kappa shape index (κ2) is 8.25. The number of para-hydroxylation sites is 3. The Morgan fingerprint density at radius 2 is 1.68 bits per heavy atom. The Bertz CT molecular complexity index is 1040. The van der Waals surface area contributed by atoms with E-state index in [1.165, 1.54) is 36.6 Å². The average molecular weight is 376 g/mol. The quantitative estimate of drug-likeness (QED) is 0.758. The SMILES string of the molecule is O=C(Cn1cnc2ccccc2c1=O)Nc1ccccc1N1CCCCCC1. The maximum atomic E-state index is 12.7. The van der Waals surface area contributed by atoms with Crippen molar-refractivity contribution in [3.05, 3.63) is 65.2 Å². The number of fused-ring (bicyclic) bond motifs is 1. The summed E-state index contributed by atoms with van der Waals surface area (Å²) in [5, 5.41) is 3.50. The molecule has 1 saturated heterocycles. The van der Waals surface area contributed by atoms with Gasteiger partial charge in [-0.15, -0.1) is 0 Å². The minimum atomic E-state index is -0.235. The van der Waals surface area contributed by atoms with Crippen LogP contribution in [0.3, 0.4) is 0 Å². The summed E-state index contributed by atoms with van der Waals surface area (Å²) in [6.07, 6.45) is 6.28. The van der Waals surface area contributed by atoms with Gasteiger partial charge in [-0.2, -0.15) is 0 Å². The summed E-state index contributed by atoms with van der Waals surface area (Å²) in [7, 11) is 0. The van der Waals surface area contributed by atoms with Gasteiger partial charge in [0.25, 0.3) is 5.56 Å². The molecule has 1 N–H and O–H groups in total. The van der Waals surface area contributed by atoms with E-state index in [9.17, 15) is 9.59 Å². The number of nitrogens with one attached hydrogen (secondary N) is 1. The zero-order chi connectivity index (χ0) is 19.3. The highest BCUT2D eigenvalue weighted by Gasteiger charge is 2.15. The molecule has 1 aliphatic heterocycles. The number of hydrogen-bond donors (Lipinski definition) is 1. The van der Waals surface area contributed by atoms with Crippen molar-refractivity contribution in [3.63, 3.8) is 0 Å². The van der Waals surface area contributed by atoms with Gasteiger partial charge in [0.05, 0.1) is 28.6 Å². The number of anilines is 2. The maximum Gasteiger partial charge on any atom is 0.261 e. The number of aromatic nitrogens is 2. The van der Waals surface area contributed by atoms with E-state index in [0.29, 0.717) is 10.9 Å². The van der Waals surface area contributed by atoms with Gasteiger partial charge in [0.1, 0.15) is 6.54 Å². The van der Waals surface area contributed by atoms with Crippen LogP contribution in [0.2, 0.25) is 0 Å². The molecule has 1 aromatic heterocycles. The monoisotopic (exact) mass is 376 g/mol. The summed E-state index contributed by atoms with van der Waals surface area (Å²) in [5.74, 6) is -0.235. The van der Waals surface area contributed by atoms with E-state index >= 15 is 0 Å². The number of carbonyl (C=O) groups is 1. The van der Waals surface area contributed by atoms with E-state index in [1.807, 2.05) is 30.3 Å². The summed E-state index contributed by atoms with van der Waals surface area (Å²) >= 11 is 0. The molecule has 6 heteroatoms. The lowest BCUT2D eigenvalue weighted by Crippen LogP contribution is -2.29. The fourth-order valence-electron chi connectivity index (χ4n) is 3.73. The number of benzene rings is 2. The second-order valence-electron chi connectivity index (χ2n) is 7.16. The van der Waals surface area contributed by atoms with Crippen molar-refractivity contribution in [1.82, 2.24) is 9.55 Å². The lowest BCUT2D eigenvalue weighted by Gasteiger charge is -2.25. The zero-order valence-corrected chi connectivity index (χ0v) is 15.8. The first-order valence-corrected chi connectivity index (χ1v) is 9.80. The third-order valence-electron chi connectivity index (χ3n) is 5.17. The number of nitrogens with zero attached hydrogens (tertiary/aromatic N) is 3. The minimum absolute atomic E-state index is 0.0645. The van der Waals surface area contributed by atoms with Gasteiger partial charge < -0.3 is 10.2 Å². The van der Waals surface area contributed by atoms with E-state index in [1.54, 1.807) is 18.2 Å². The van der Waals surface area contributed by atoms with Gasteiger partial charge in [-0.25, -0.2) is 4.98 Å². The first-order valence-electron chi connectivity index (χ1n) is 9.80. The fraction of sp³-hybridized carbons (Fsp3) is 0.318. The molecule has 0 atom stereocenters. The Morgan fingerprint density at radius 1 is 0.964 bits per heavy atom. The topological polar surface area (TPSA) is 67.2 Å². The van der Waals surface area contributed by atoms with E-state index in [0.717, 1.165) is 24.5 Å². The molecule has 3 aromatic rings. The number of amides is 1. The first-order chi connectivity index (χ1) is 13.7. The summed E-state index contributed by atoms with van der Waals surface area (Å²) in [6.45, 7) is 1.94. The number of hydrogen-bond acceptors (Lipinski definition) is 4. The van der Waals surface area contributed by atoms with Gasteiger partial charge in [-0.3, -0.25) is 14.2 Å². The summed E-state index contributed by atoms with van der Waals surface area (Å²) in [5.41, 5.74) is 2.26. The van der Waals surface area contributed by atoms with Crippen LogP contribution in [-0.2, 0) is 11.3 Å². The van der Waals surface area contributed by atoms with E-state index < -0.39 is 0 Å². The van der Waals surface area contributed by atoms with Crippen LogP contribution in [0.1, 0.15) is 25.7 Å². The van der Waals surface area contributed by atoms with Crippen molar-refractivity contribution in [2.75, 3.05) is 23.3 Å². The van der Waals surface area contributed by atoms with Crippen molar-refractivity contribution >= 4 is 28.2 Å². The highest BCUT2D eigenvalue weighted by molar-refractivity contribution is 5.94. The van der Waals surface area contributed by atoms with Crippen molar-refractivity contribution in [2.45, 2.75) is 32.2 Å². The Morgan fingerprint density at radius 3 is 2.50 bits per heavy atom. The Kier molecular flexibility index (Phi) is 5.37. The Hall–Kier alpha value is -3.15. The number of rotatable bonds is 4. The smallest absolute Gasteiger partial charge is 0.261 e. The van der Waals surface area contributed by atoms with Crippen LogP contribution < -0.4 is 15.8 Å². The average Bonchev–Trinajstić information content (AvgIpc) is 3.00. The minimum Gasteiger partial charge on any atom is -0.370 e. The molecule has 0 bridgehead atoms. The third-order valence-corrected chi connectivity index (χ3v) is 5.17. The number of carbonyl (C=O) groups excluding carboxylic acids is 1. The van der Waals surface area contributed by atoms with Crippen LogP contribution in [0, 0.1) is 0 Å². The zero-order valence-electron chi connectivity index (χ0n) is 15.8. The molecule has 0 radical (unpaired) electrons. The summed E-state index contributed by atoms with van der Waals surface area (Å²) in [4.78, 5) is 31.9. The molecule has 1 fully saturated rings. The fourth-order valence-corrected chi connectivity index (χ4v) is 3.73. The highest BCUT2D eigenvalue weighted by Crippen LogP contribution is 2.27. The van der Waals surface area contributed by atoms with Crippen LogP contribution >= 0.6 is 0 Å². The van der Waals surface area contributed by atoms with Crippen molar-refractivity contribution in [3.8, 4) is 0 Å². The largest absolute Gasteiger partial charge is 0.370 e. The molecule has 0 spiro atoms. The van der Waals surface area contributed by atoms with E-state index in [2.05, 4.69) is 15.2 Å². The molecular weight excluding hydrogens is 352 g/mol. The molecule has 4 rings (SSSR count). The lowest BCUT2D eigenvalue weighted by molar-refractivity contribution is -0.116. The van der Waals surface area contributed by atoms with Gasteiger partial charge in [-0.05, 0) is 37.1 Å². The van der Waals surface area contributed by atoms with Crippen molar-refractivity contribution in [2.24, 2.45) is 0 Å². The lowest BCUT2D eigenvalue weighted by atomic mass is 10.2. The Balaban J connectivity index is 1.53. The molecule has 0 aliphatic carbocycles. The van der Waals surface area contributed by atoms with Crippen LogP contribution in [0.25, 0.3) is 10.9 Å². The second-order valence-corrected chi connectivity index (χ2v) is 7.16. The first kappa shape index (κ1) is 18.2. The normalized spacial score (nSPS) is 14.6. The molecule has 2 aromatic carbocycles. The Labute approximate surface area is 163 Å². The predicted molar refractivity (Wildman–Crippen MR) is 112 cm³/mol. The van der Waals surface area contributed by atoms with Crippen molar-refractivity contribution < 1.29 is 4.79 Å². The molecule has 0 unspecified atom stereocenters. The molecule has 0 saturated carbocycles. The molecule has 2 heterocycles. The van der Waals surface area contributed by atoms with Gasteiger partial charge >= 0.3 is 0 Å². The van der Waals surface area contributed by atoms with Gasteiger partial charge in [0.15, 0.2) is 0 Å². The van der Waals surface area contributed by atoms with Crippen LogP contribution in [0.5, 0.6) is 0 Å². The standard InChI is InChI=1S/C22H24N4O2/c27-21(15-26-16-23-18-10-4-3-9-17(18)22(26)28)24-19-11-5-6-12-20(19)25-13-7-1-2-8-14-25/h3-6,9-12,16H,1-2,7-8,13-15H2,(H,24,27). The maximum absolute atomic E-state index is 12.7. The molecular formula is C22H24N4O2. The van der Waals surface area contributed by atoms with E-state index in [4.69, 9.17) is 0 Å². The molecule has 28 heavy (non-hydrogen) atoms. The van der Waals surface area contributed by atoms with Gasteiger partial charge in [0, 0.05) is 13.1 Å². The van der Waals surface area contributed by atoms with Gasteiger partial charge in [-0.1, -0.05) is 37.1 Å².